The van der Waals surface area contributed by atoms with Crippen molar-refractivity contribution in [1.29, 1.82) is 0 Å². The normalized spacial score (nSPS) is 10.7. The summed E-state index contributed by atoms with van der Waals surface area (Å²) in [7, 11) is 0. The zero-order valence-electron chi connectivity index (χ0n) is 9.99. The van der Waals surface area contributed by atoms with Crippen LogP contribution in [0.5, 0.6) is 0 Å². The van der Waals surface area contributed by atoms with E-state index in [2.05, 4.69) is 0 Å². The molecule has 1 rings (SSSR count). The Labute approximate surface area is 107 Å². The number of allylic oxidation sites excluding steroid dienone is 1. The quantitative estimate of drug-likeness (QED) is 0.563. The van der Waals surface area contributed by atoms with E-state index < -0.39 is 0 Å². The first-order chi connectivity index (χ1) is 8.22. The largest absolute Gasteiger partial charge is 0.466 e. The lowest BCUT2D eigenvalue weighted by molar-refractivity contribution is -0.143. The molecule has 3 heteroatoms. The Morgan fingerprint density at radius 3 is 3.00 bits per heavy atom. The number of ether oxygens (including phenoxy) is 1. The Morgan fingerprint density at radius 2 is 2.29 bits per heavy atom. The Balaban J connectivity index is 2.24. The number of rotatable bonds is 6. The van der Waals surface area contributed by atoms with Gasteiger partial charge in [0.1, 0.15) is 0 Å². The molecule has 0 aliphatic heterocycles. The number of esters is 1. The average Bonchev–Trinajstić information content (AvgIpc) is 2.29. The molecule has 0 bridgehead atoms. The molecular weight excluding hydrogens is 236 g/mol. The minimum Gasteiger partial charge on any atom is -0.466 e. The van der Waals surface area contributed by atoms with E-state index in [1.54, 1.807) is 0 Å². The molecule has 92 valence electrons. The maximum Gasteiger partial charge on any atom is 0.305 e. The van der Waals surface area contributed by atoms with Crippen LogP contribution in [0.3, 0.4) is 0 Å². The summed E-state index contributed by atoms with van der Waals surface area (Å²) in [5.74, 6) is -0.122. The highest BCUT2D eigenvalue weighted by molar-refractivity contribution is 6.30. The van der Waals surface area contributed by atoms with Gasteiger partial charge in [0.05, 0.1) is 6.61 Å². The summed E-state index contributed by atoms with van der Waals surface area (Å²) >= 11 is 5.87. The van der Waals surface area contributed by atoms with Gasteiger partial charge in [0.15, 0.2) is 0 Å². The second kappa shape index (κ2) is 7.91. The smallest absolute Gasteiger partial charge is 0.305 e. The summed E-state index contributed by atoms with van der Waals surface area (Å²) in [6.07, 6.45) is 6.22. The van der Waals surface area contributed by atoms with Gasteiger partial charge in [0, 0.05) is 11.4 Å². The zero-order valence-corrected chi connectivity index (χ0v) is 10.7. The van der Waals surface area contributed by atoms with Crippen molar-refractivity contribution in [1.82, 2.24) is 0 Å². The van der Waals surface area contributed by atoms with Crippen LogP contribution in [0.15, 0.2) is 30.3 Å². The summed E-state index contributed by atoms with van der Waals surface area (Å²) in [6, 6.07) is 7.66. The van der Waals surface area contributed by atoms with Crippen LogP contribution in [-0.4, -0.2) is 12.6 Å². The predicted molar refractivity (Wildman–Crippen MR) is 71.0 cm³/mol. The van der Waals surface area contributed by atoms with Gasteiger partial charge in [0.25, 0.3) is 0 Å². The highest BCUT2D eigenvalue weighted by Crippen LogP contribution is 2.12. The van der Waals surface area contributed by atoms with Crippen LogP contribution >= 0.6 is 11.6 Å². The molecule has 0 spiro atoms. The number of carbonyl (C=O) groups is 1. The predicted octanol–water partition coefficient (Wildman–Crippen LogP) is 4.09. The van der Waals surface area contributed by atoms with E-state index in [0.29, 0.717) is 13.0 Å². The standard InChI is InChI=1S/C14H17ClO2/c1-2-17-14(16)10-5-3-4-7-12-8-6-9-13(15)11-12/h4,6-9,11H,2-3,5,10H2,1H3. The Hall–Kier alpha value is -1.28. The van der Waals surface area contributed by atoms with Crippen molar-refractivity contribution in [3.8, 4) is 0 Å². The first-order valence-electron chi connectivity index (χ1n) is 5.80. The summed E-state index contributed by atoms with van der Waals surface area (Å²) in [6.45, 7) is 2.27. The number of halogens is 1. The van der Waals surface area contributed by atoms with E-state index in [9.17, 15) is 4.79 Å². The van der Waals surface area contributed by atoms with E-state index in [1.807, 2.05) is 43.3 Å². The van der Waals surface area contributed by atoms with E-state index >= 15 is 0 Å². The maximum atomic E-state index is 11.1. The van der Waals surface area contributed by atoms with Crippen LogP contribution in [0.4, 0.5) is 0 Å². The maximum absolute atomic E-state index is 11.1. The van der Waals surface area contributed by atoms with Gasteiger partial charge in [0.2, 0.25) is 0 Å². The van der Waals surface area contributed by atoms with Gasteiger partial charge in [-0.25, -0.2) is 0 Å². The van der Waals surface area contributed by atoms with E-state index in [1.165, 1.54) is 0 Å². The molecule has 0 atom stereocenters. The highest BCUT2D eigenvalue weighted by atomic mass is 35.5. The number of benzene rings is 1. The first-order valence-corrected chi connectivity index (χ1v) is 6.18. The molecule has 0 aromatic heterocycles. The van der Waals surface area contributed by atoms with Crippen LogP contribution in [0, 0.1) is 0 Å². The molecule has 17 heavy (non-hydrogen) atoms. The highest BCUT2D eigenvalue weighted by Gasteiger charge is 1.98. The topological polar surface area (TPSA) is 26.3 Å². The van der Waals surface area contributed by atoms with Crippen molar-refractivity contribution in [2.75, 3.05) is 6.61 Å². The van der Waals surface area contributed by atoms with Crippen LogP contribution in [0.1, 0.15) is 31.7 Å². The molecule has 2 nitrogen and oxygen atoms in total. The second-order valence-electron chi connectivity index (χ2n) is 3.65. The fourth-order valence-corrected chi connectivity index (χ4v) is 1.63. The third kappa shape index (κ3) is 6.12. The molecule has 0 unspecified atom stereocenters. The summed E-state index contributed by atoms with van der Waals surface area (Å²) in [5, 5.41) is 0.735. The van der Waals surface area contributed by atoms with Crippen molar-refractivity contribution in [2.24, 2.45) is 0 Å². The lowest BCUT2D eigenvalue weighted by atomic mass is 10.1. The third-order valence-electron chi connectivity index (χ3n) is 2.22. The summed E-state index contributed by atoms with van der Waals surface area (Å²) in [5.41, 5.74) is 1.08. The molecule has 1 aromatic rings. The zero-order chi connectivity index (χ0) is 12.5. The Bertz CT molecular complexity index is 386. The van der Waals surface area contributed by atoms with Gasteiger partial charge >= 0.3 is 5.97 Å². The first kappa shape index (κ1) is 13.8. The van der Waals surface area contributed by atoms with Crippen LogP contribution in [0.25, 0.3) is 6.08 Å². The van der Waals surface area contributed by atoms with Crippen LogP contribution in [0.2, 0.25) is 5.02 Å². The lowest BCUT2D eigenvalue weighted by Gasteiger charge is -1.99. The van der Waals surface area contributed by atoms with Gasteiger partial charge in [-0.3, -0.25) is 4.79 Å². The van der Waals surface area contributed by atoms with Crippen molar-refractivity contribution < 1.29 is 9.53 Å². The minimum absolute atomic E-state index is 0.122. The van der Waals surface area contributed by atoms with E-state index in [4.69, 9.17) is 16.3 Å². The second-order valence-corrected chi connectivity index (χ2v) is 4.09. The van der Waals surface area contributed by atoms with Crippen molar-refractivity contribution in [3.63, 3.8) is 0 Å². The average molecular weight is 253 g/mol. The van der Waals surface area contributed by atoms with Gasteiger partial charge < -0.3 is 4.74 Å². The van der Waals surface area contributed by atoms with Crippen molar-refractivity contribution in [3.05, 3.63) is 40.9 Å². The molecule has 0 N–H and O–H groups in total. The molecule has 0 fully saturated rings. The molecule has 1 aromatic carbocycles. The molecule has 0 saturated carbocycles. The van der Waals surface area contributed by atoms with Crippen molar-refractivity contribution in [2.45, 2.75) is 26.2 Å². The van der Waals surface area contributed by atoms with Gasteiger partial charge in [-0.05, 0) is 37.5 Å². The van der Waals surface area contributed by atoms with E-state index in [-0.39, 0.29) is 5.97 Å². The number of hydrogen-bond acceptors (Lipinski definition) is 2. The van der Waals surface area contributed by atoms with E-state index in [0.717, 1.165) is 23.4 Å². The molecule has 0 aliphatic carbocycles. The van der Waals surface area contributed by atoms with Crippen molar-refractivity contribution >= 4 is 23.6 Å². The van der Waals surface area contributed by atoms with Gasteiger partial charge in [-0.15, -0.1) is 0 Å². The number of unbranched alkanes of at least 4 members (excludes halogenated alkanes) is 1. The van der Waals surface area contributed by atoms with Gasteiger partial charge in [-0.1, -0.05) is 35.9 Å². The SMILES string of the molecule is CCOC(=O)CCCC=Cc1cccc(Cl)c1. The number of carbonyl (C=O) groups excluding carboxylic acids is 1. The monoisotopic (exact) mass is 252 g/mol. The molecule has 0 amide bonds. The number of hydrogen-bond donors (Lipinski definition) is 0. The minimum atomic E-state index is -0.122. The molecule has 0 radical (unpaired) electrons. The fraction of sp³-hybridized carbons (Fsp3) is 0.357. The van der Waals surface area contributed by atoms with Crippen LogP contribution in [-0.2, 0) is 9.53 Å². The summed E-state index contributed by atoms with van der Waals surface area (Å²) < 4.78 is 4.84. The summed E-state index contributed by atoms with van der Waals surface area (Å²) in [4.78, 5) is 11.1. The molecule has 0 aliphatic rings. The Kier molecular flexibility index (Phi) is 6.41. The third-order valence-corrected chi connectivity index (χ3v) is 2.45. The fourth-order valence-electron chi connectivity index (χ4n) is 1.43. The lowest BCUT2D eigenvalue weighted by Crippen LogP contribution is -2.02. The molecular formula is C14H17ClO2. The molecule has 0 saturated heterocycles. The Morgan fingerprint density at radius 1 is 1.47 bits per heavy atom. The van der Waals surface area contributed by atoms with Gasteiger partial charge in [-0.2, -0.15) is 0 Å². The molecule has 0 heterocycles. The van der Waals surface area contributed by atoms with Crippen LogP contribution < -0.4 is 0 Å².